The molecule has 4 aromatic carbocycles. The van der Waals surface area contributed by atoms with Crippen LogP contribution in [0.1, 0.15) is 0 Å². The van der Waals surface area contributed by atoms with Crippen molar-refractivity contribution in [3.8, 4) is 11.1 Å². The van der Waals surface area contributed by atoms with E-state index in [9.17, 15) is 10.0 Å². The molecule has 0 fully saturated rings. The number of hydrogen-bond acceptors (Lipinski definition) is 3. The second kappa shape index (κ2) is 5.73. The molecule has 0 aliphatic heterocycles. The molecule has 124 valence electrons. The summed E-state index contributed by atoms with van der Waals surface area (Å²) in [4.78, 5) is 0. The van der Waals surface area contributed by atoms with Gasteiger partial charge in [0.2, 0.25) is 0 Å². The van der Waals surface area contributed by atoms with E-state index in [0.29, 0.717) is 5.46 Å². The summed E-state index contributed by atoms with van der Waals surface area (Å²) in [5.41, 5.74) is 4.24. The molecule has 5 aromatic rings. The standard InChI is InChI=1S/C22H15BO3/c24-23(25)17-9-5-14(6-10-17)16-7-11-19-21(13-16)26-20-12-8-15-3-1-2-4-18(15)22(19)20/h1-13,24-25H. The molecule has 0 radical (unpaired) electrons. The van der Waals surface area contributed by atoms with E-state index >= 15 is 0 Å². The predicted octanol–water partition coefficient (Wildman–Crippen LogP) is 4.09. The van der Waals surface area contributed by atoms with Crippen LogP contribution in [0.3, 0.4) is 0 Å². The first-order valence-corrected chi connectivity index (χ1v) is 8.51. The largest absolute Gasteiger partial charge is 0.488 e. The highest BCUT2D eigenvalue weighted by Crippen LogP contribution is 2.36. The minimum Gasteiger partial charge on any atom is -0.456 e. The molecular formula is C22H15BO3. The Hall–Kier alpha value is -3.08. The molecule has 1 heterocycles. The summed E-state index contributed by atoms with van der Waals surface area (Å²) < 4.78 is 6.10. The van der Waals surface area contributed by atoms with E-state index in [2.05, 4.69) is 30.3 Å². The Morgan fingerprint density at radius 1 is 0.654 bits per heavy atom. The van der Waals surface area contributed by atoms with Gasteiger partial charge in [-0.15, -0.1) is 0 Å². The van der Waals surface area contributed by atoms with Crippen molar-refractivity contribution in [2.75, 3.05) is 0 Å². The highest BCUT2D eigenvalue weighted by Gasteiger charge is 2.13. The van der Waals surface area contributed by atoms with Crippen molar-refractivity contribution in [1.82, 2.24) is 0 Å². The van der Waals surface area contributed by atoms with Gasteiger partial charge < -0.3 is 14.5 Å². The van der Waals surface area contributed by atoms with Crippen molar-refractivity contribution in [2.24, 2.45) is 0 Å². The van der Waals surface area contributed by atoms with Gasteiger partial charge in [-0.2, -0.15) is 0 Å². The summed E-state index contributed by atoms with van der Waals surface area (Å²) in [6.45, 7) is 0. The molecule has 26 heavy (non-hydrogen) atoms. The van der Waals surface area contributed by atoms with Gasteiger partial charge in [0.25, 0.3) is 0 Å². The van der Waals surface area contributed by atoms with Gasteiger partial charge in [-0.25, -0.2) is 0 Å². The second-order valence-corrected chi connectivity index (χ2v) is 6.47. The molecule has 0 bridgehead atoms. The summed E-state index contributed by atoms with van der Waals surface area (Å²) in [6.07, 6.45) is 0. The van der Waals surface area contributed by atoms with Crippen molar-refractivity contribution in [3.05, 3.63) is 78.9 Å². The Labute approximate surface area is 150 Å². The zero-order chi connectivity index (χ0) is 17.7. The number of rotatable bonds is 2. The van der Waals surface area contributed by atoms with E-state index in [4.69, 9.17) is 4.42 Å². The first-order valence-electron chi connectivity index (χ1n) is 8.51. The highest BCUT2D eigenvalue weighted by molar-refractivity contribution is 6.58. The third-order valence-corrected chi connectivity index (χ3v) is 4.90. The van der Waals surface area contributed by atoms with Crippen molar-refractivity contribution in [3.63, 3.8) is 0 Å². The van der Waals surface area contributed by atoms with Crippen LogP contribution in [0.2, 0.25) is 0 Å². The lowest BCUT2D eigenvalue weighted by Gasteiger charge is -2.04. The zero-order valence-electron chi connectivity index (χ0n) is 13.9. The third kappa shape index (κ3) is 2.31. The van der Waals surface area contributed by atoms with E-state index in [-0.39, 0.29) is 0 Å². The van der Waals surface area contributed by atoms with Crippen molar-refractivity contribution in [1.29, 1.82) is 0 Å². The summed E-state index contributed by atoms with van der Waals surface area (Å²) in [6, 6.07) is 25.8. The maximum Gasteiger partial charge on any atom is 0.488 e. The number of hydrogen-bond donors (Lipinski definition) is 2. The van der Waals surface area contributed by atoms with Gasteiger partial charge >= 0.3 is 7.12 Å². The SMILES string of the molecule is OB(O)c1ccc(-c2ccc3c(c2)oc2ccc4ccccc4c23)cc1. The maximum absolute atomic E-state index is 9.23. The average molecular weight is 338 g/mol. The highest BCUT2D eigenvalue weighted by atomic mass is 16.4. The molecule has 0 amide bonds. The maximum atomic E-state index is 9.23. The molecule has 0 unspecified atom stereocenters. The zero-order valence-corrected chi connectivity index (χ0v) is 13.9. The lowest BCUT2D eigenvalue weighted by molar-refractivity contribution is 0.426. The van der Waals surface area contributed by atoms with Gasteiger partial charge in [-0.05, 0) is 45.6 Å². The summed E-state index contributed by atoms with van der Waals surface area (Å²) in [7, 11) is -1.45. The quantitative estimate of drug-likeness (QED) is 0.477. The normalized spacial score (nSPS) is 11.5. The smallest absolute Gasteiger partial charge is 0.456 e. The van der Waals surface area contributed by atoms with Crippen LogP contribution < -0.4 is 5.46 Å². The fourth-order valence-electron chi connectivity index (χ4n) is 3.57. The molecule has 1 aromatic heterocycles. The van der Waals surface area contributed by atoms with Crippen LogP contribution in [-0.4, -0.2) is 17.2 Å². The van der Waals surface area contributed by atoms with Gasteiger partial charge in [0, 0.05) is 10.8 Å². The van der Waals surface area contributed by atoms with E-state index in [1.165, 1.54) is 10.8 Å². The molecule has 2 N–H and O–H groups in total. The summed E-state index contributed by atoms with van der Waals surface area (Å²) >= 11 is 0. The summed E-state index contributed by atoms with van der Waals surface area (Å²) in [5, 5.41) is 23.1. The number of furan rings is 1. The van der Waals surface area contributed by atoms with E-state index in [1.54, 1.807) is 12.1 Å². The predicted molar refractivity (Wildman–Crippen MR) is 106 cm³/mol. The Morgan fingerprint density at radius 2 is 1.42 bits per heavy atom. The van der Waals surface area contributed by atoms with E-state index in [0.717, 1.165) is 33.1 Å². The van der Waals surface area contributed by atoms with E-state index < -0.39 is 7.12 Å². The fraction of sp³-hybridized carbons (Fsp3) is 0. The number of benzene rings is 4. The first kappa shape index (κ1) is 15.2. The van der Waals surface area contributed by atoms with Crippen LogP contribution in [0.25, 0.3) is 43.8 Å². The topological polar surface area (TPSA) is 53.6 Å². The van der Waals surface area contributed by atoms with Gasteiger partial charge in [0.15, 0.2) is 0 Å². The minimum absolute atomic E-state index is 0.477. The Morgan fingerprint density at radius 3 is 2.23 bits per heavy atom. The van der Waals surface area contributed by atoms with Crippen LogP contribution in [-0.2, 0) is 0 Å². The molecule has 3 nitrogen and oxygen atoms in total. The Bertz CT molecular complexity index is 1250. The average Bonchev–Trinajstić information content (AvgIpc) is 3.06. The van der Waals surface area contributed by atoms with Gasteiger partial charge in [-0.3, -0.25) is 0 Å². The van der Waals surface area contributed by atoms with Gasteiger partial charge in [0.05, 0.1) is 0 Å². The molecular weight excluding hydrogens is 323 g/mol. The van der Waals surface area contributed by atoms with E-state index in [1.807, 2.05) is 36.4 Å². The van der Waals surface area contributed by atoms with Crippen LogP contribution in [0.4, 0.5) is 0 Å². The van der Waals surface area contributed by atoms with Crippen LogP contribution in [0, 0.1) is 0 Å². The van der Waals surface area contributed by atoms with Crippen molar-refractivity contribution in [2.45, 2.75) is 0 Å². The third-order valence-electron chi connectivity index (χ3n) is 4.90. The Balaban J connectivity index is 1.70. The van der Waals surface area contributed by atoms with Crippen molar-refractivity contribution < 1.29 is 14.5 Å². The fourth-order valence-corrected chi connectivity index (χ4v) is 3.57. The number of fused-ring (bicyclic) bond motifs is 5. The molecule has 4 heteroatoms. The second-order valence-electron chi connectivity index (χ2n) is 6.47. The first-order chi connectivity index (χ1) is 12.7. The van der Waals surface area contributed by atoms with Crippen LogP contribution in [0.5, 0.6) is 0 Å². The molecule has 0 spiro atoms. The molecule has 0 saturated heterocycles. The molecule has 0 saturated carbocycles. The van der Waals surface area contributed by atoms with Crippen LogP contribution >= 0.6 is 0 Å². The molecule has 0 aliphatic carbocycles. The summed E-state index contributed by atoms with van der Waals surface area (Å²) in [5.74, 6) is 0. The van der Waals surface area contributed by atoms with Gasteiger partial charge in [-0.1, -0.05) is 60.7 Å². The van der Waals surface area contributed by atoms with Gasteiger partial charge in [0.1, 0.15) is 11.2 Å². The van der Waals surface area contributed by atoms with Crippen LogP contribution in [0.15, 0.2) is 83.3 Å². The molecule has 0 atom stereocenters. The monoisotopic (exact) mass is 338 g/mol. The lowest BCUT2D eigenvalue weighted by Crippen LogP contribution is -2.29. The van der Waals surface area contributed by atoms with Crippen molar-refractivity contribution >= 4 is 45.3 Å². The molecule has 5 rings (SSSR count). The molecule has 0 aliphatic rings. The lowest BCUT2D eigenvalue weighted by atomic mass is 9.80. The minimum atomic E-state index is -1.45. The Kier molecular flexibility index (Phi) is 3.35.